The zero-order valence-corrected chi connectivity index (χ0v) is 16.5. The Balaban J connectivity index is 1.83. The highest BCUT2D eigenvalue weighted by Crippen LogP contribution is 2.29. The first kappa shape index (κ1) is 18.6. The van der Waals surface area contributed by atoms with Crippen LogP contribution in [0.1, 0.15) is 10.6 Å². The maximum Gasteiger partial charge on any atom is 0.243 e. The van der Waals surface area contributed by atoms with Crippen LogP contribution in [-0.4, -0.2) is 31.9 Å². The highest BCUT2D eigenvalue weighted by atomic mass is 32.2. The van der Waals surface area contributed by atoms with Gasteiger partial charge >= 0.3 is 0 Å². The highest BCUT2D eigenvalue weighted by molar-refractivity contribution is 7.89. The van der Waals surface area contributed by atoms with E-state index in [1.165, 1.54) is 15.6 Å². The van der Waals surface area contributed by atoms with Gasteiger partial charge in [0.2, 0.25) is 10.0 Å². The SMILES string of the molecule is COc1ccc(S(=O)(=O)N(C)Cc2sc(-c3ccccc3)nc2C)cc1. The fraction of sp³-hybridized carbons (Fsp3) is 0.211. The maximum absolute atomic E-state index is 12.8. The van der Waals surface area contributed by atoms with Gasteiger partial charge in [0.15, 0.2) is 0 Å². The fourth-order valence-electron chi connectivity index (χ4n) is 2.49. The number of methoxy groups -OCH3 is 1. The van der Waals surface area contributed by atoms with Crippen LogP contribution < -0.4 is 4.74 Å². The Morgan fingerprint density at radius 3 is 2.35 bits per heavy atom. The van der Waals surface area contributed by atoms with Gasteiger partial charge in [0.1, 0.15) is 10.8 Å². The monoisotopic (exact) mass is 388 g/mol. The minimum absolute atomic E-state index is 0.242. The normalized spacial score (nSPS) is 11.7. The van der Waals surface area contributed by atoms with Crippen molar-refractivity contribution in [3.8, 4) is 16.3 Å². The van der Waals surface area contributed by atoms with Gasteiger partial charge in [0, 0.05) is 24.0 Å². The highest BCUT2D eigenvalue weighted by Gasteiger charge is 2.23. The molecule has 0 unspecified atom stereocenters. The number of aryl methyl sites for hydroxylation is 1. The lowest BCUT2D eigenvalue weighted by molar-refractivity contribution is 0.414. The van der Waals surface area contributed by atoms with E-state index in [1.54, 1.807) is 38.4 Å². The van der Waals surface area contributed by atoms with E-state index in [-0.39, 0.29) is 11.4 Å². The fourth-order valence-corrected chi connectivity index (χ4v) is 4.84. The Labute approximate surface area is 157 Å². The van der Waals surface area contributed by atoms with Crippen LogP contribution in [0.4, 0.5) is 0 Å². The van der Waals surface area contributed by atoms with Crippen LogP contribution in [0.5, 0.6) is 5.75 Å². The molecule has 0 saturated carbocycles. The summed E-state index contributed by atoms with van der Waals surface area (Å²) < 4.78 is 32.0. The minimum atomic E-state index is -3.58. The first-order valence-corrected chi connectivity index (χ1v) is 10.3. The lowest BCUT2D eigenvalue weighted by Gasteiger charge is -2.16. The quantitative estimate of drug-likeness (QED) is 0.642. The Morgan fingerprint density at radius 1 is 1.08 bits per heavy atom. The predicted molar refractivity (Wildman–Crippen MR) is 104 cm³/mol. The zero-order valence-electron chi connectivity index (χ0n) is 14.8. The molecular formula is C19H20N2O3S2. The Bertz CT molecular complexity index is 981. The van der Waals surface area contributed by atoms with Crippen LogP contribution in [0.3, 0.4) is 0 Å². The summed E-state index contributed by atoms with van der Waals surface area (Å²) >= 11 is 1.52. The number of nitrogens with zero attached hydrogens (tertiary/aromatic N) is 2. The van der Waals surface area contributed by atoms with E-state index in [9.17, 15) is 8.42 Å². The van der Waals surface area contributed by atoms with Crippen LogP contribution in [0.25, 0.3) is 10.6 Å². The second kappa shape index (κ2) is 7.57. The Hall–Kier alpha value is -2.22. The van der Waals surface area contributed by atoms with Gasteiger partial charge in [0.25, 0.3) is 0 Å². The standard InChI is InChI=1S/C19H20N2O3S2/c1-14-18(25-19(20-14)15-7-5-4-6-8-15)13-21(2)26(22,23)17-11-9-16(24-3)10-12-17/h4-12H,13H2,1-3H3. The van der Waals surface area contributed by atoms with E-state index >= 15 is 0 Å². The summed E-state index contributed by atoms with van der Waals surface area (Å²) in [6, 6.07) is 16.3. The number of benzene rings is 2. The van der Waals surface area contributed by atoms with E-state index in [0.29, 0.717) is 5.75 Å². The van der Waals surface area contributed by atoms with Gasteiger partial charge in [-0.25, -0.2) is 13.4 Å². The van der Waals surface area contributed by atoms with Crippen molar-refractivity contribution < 1.29 is 13.2 Å². The average molecular weight is 389 g/mol. The summed E-state index contributed by atoms with van der Waals surface area (Å²) in [6.07, 6.45) is 0. The van der Waals surface area contributed by atoms with Crippen molar-refractivity contribution in [1.82, 2.24) is 9.29 Å². The van der Waals surface area contributed by atoms with Crippen molar-refractivity contribution in [2.75, 3.05) is 14.2 Å². The molecule has 2 aromatic carbocycles. The molecule has 1 aromatic heterocycles. The van der Waals surface area contributed by atoms with Crippen molar-refractivity contribution in [1.29, 1.82) is 0 Å². The van der Waals surface area contributed by atoms with Gasteiger partial charge in [-0.1, -0.05) is 30.3 Å². The number of hydrogen-bond acceptors (Lipinski definition) is 5. The molecule has 0 amide bonds. The van der Waals surface area contributed by atoms with Crippen molar-refractivity contribution in [2.45, 2.75) is 18.4 Å². The number of thiazole rings is 1. The molecule has 0 N–H and O–H groups in total. The molecule has 0 radical (unpaired) electrons. The molecular weight excluding hydrogens is 368 g/mol. The summed E-state index contributed by atoms with van der Waals surface area (Å²) in [7, 11) is -0.445. The molecule has 136 valence electrons. The predicted octanol–water partition coefficient (Wildman–Crippen LogP) is 3.95. The molecule has 0 bridgehead atoms. The van der Waals surface area contributed by atoms with Crippen LogP contribution in [0.2, 0.25) is 0 Å². The summed E-state index contributed by atoms with van der Waals surface area (Å²) in [4.78, 5) is 5.77. The van der Waals surface area contributed by atoms with Gasteiger partial charge in [-0.2, -0.15) is 4.31 Å². The van der Waals surface area contributed by atoms with Crippen LogP contribution in [0.15, 0.2) is 59.5 Å². The summed E-state index contributed by atoms with van der Waals surface area (Å²) in [6.45, 7) is 2.19. The third kappa shape index (κ3) is 3.80. The van der Waals surface area contributed by atoms with E-state index < -0.39 is 10.0 Å². The molecule has 1 heterocycles. The molecule has 0 atom stereocenters. The molecule has 26 heavy (non-hydrogen) atoms. The molecule has 5 nitrogen and oxygen atoms in total. The number of hydrogen-bond donors (Lipinski definition) is 0. The summed E-state index contributed by atoms with van der Waals surface area (Å²) in [5.74, 6) is 0.623. The summed E-state index contributed by atoms with van der Waals surface area (Å²) in [5.41, 5.74) is 1.89. The van der Waals surface area contributed by atoms with E-state index in [1.807, 2.05) is 37.3 Å². The smallest absolute Gasteiger partial charge is 0.243 e. The Morgan fingerprint density at radius 2 is 1.73 bits per heavy atom. The summed E-state index contributed by atoms with van der Waals surface area (Å²) in [5, 5.41) is 0.897. The van der Waals surface area contributed by atoms with E-state index in [4.69, 9.17) is 4.74 Å². The first-order valence-electron chi connectivity index (χ1n) is 8.04. The van der Waals surface area contributed by atoms with Gasteiger partial charge in [0.05, 0.1) is 17.7 Å². The minimum Gasteiger partial charge on any atom is -0.497 e. The number of ether oxygens (including phenoxy) is 1. The van der Waals surface area contributed by atoms with Crippen molar-refractivity contribution in [2.24, 2.45) is 0 Å². The van der Waals surface area contributed by atoms with E-state index in [2.05, 4.69) is 4.98 Å². The Kier molecular flexibility index (Phi) is 5.41. The van der Waals surface area contributed by atoms with E-state index in [0.717, 1.165) is 21.1 Å². The largest absolute Gasteiger partial charge is 0.497 e. The van der Waals surface area contributed by atoms with Crippen molar-refractivity contribution >= 4 is 21.4 Å². The molecule has 3 aromatic rings. The van der Waals surface area contributed by atoms with Crippen LogP contribution in [0, 0.1) is 6.92 Å². The lowest BCUT2D eigenvalue weighted by atomic mass is 10.2. The lowest BCUT2D eigenvalue weighted by Crippen LogP contribution is -2.26. The third-order valence-electron chi connectivity index (χ3n) is 4.05. The number of aromatic nitrogens is 1. The van der Waals surface area contributed by atoms with Gasteiger partial charge in [-0.3, -0.25) is 0 Å². The first-order chi connectivity index (χ1) is 12.4. The molecule has 3 rings (SSSR count). The van der Waals surface area contributed by atoms with Crippen molar-refractivity contribution in [3.63, 3.8) is 0 Å². The molecule has 7 heteroatoms. The molecule has 0 aliphatic rings. The maximum atomic E-state index is 12.8. The molecule has 0 spiro atoms. The number of rotatable bonds is 6. The zero-order chi connectivity index (χ0) is 18.7. The van der Waals surface area contributed by atoms with Crippen LogP contribution in [-0.2, 0) is 16.6 Å². The van der Waals surface area contributed by atoms with Gasteiger partial charge < -0.3 is 4.74 Å². The topological polar surface area (TPSA) is 59.5 Å². The molecule has 0 fully saturated rings. The molecule has 0 aliphatic carbocycles. The van der Waals surface area contributed by atoms with Gasteiger partial charge in [-0.15, -0.1) is 11.3 Å². The molecule has 0 saturated heterocycles. The average Bonchev–Trinajstić information content (AvgIpc) is 3.03. The molecule has 0 aliphatic heterocycles. The second-order valence-corrected chi connectivity index (χ2v) is 8.96. The van der Waals surface area contributed by atoms with Gasteiger partial charge in [-0.05, 0) is 31.2 Å². The van der Waals surface area contributed by atoms with Crippen molar-refractivity contribution in [3.05, 3.63) is 65.2 Å². The third-order valence-corrected chi connectivity index (χ3v) is 7.06. The van der Waals surface area contributed by atoms with Crippen LogP contribution >= 0.6 is 11.3 Å². The second-order valence-electron chi connectivity index (χ2n) is 5.83. The number of sulfonamides is 1.